The maximum atomic E-state index is 12.3. The molecule has 0 radical (unpaired) electrons. The van der Waals surface area contributed by atoms with E-state index in [2.05, 4.69) is 10.4 Å². The molecule has 3 rings (SSSR count). The Labute approximate surface area is 139 Å². The second-order valence-corrected chi connectivity index (χ2v) is 5.44. The zero-order valence-corrected chi connectivity index (χ0v) is 13.4. The van der Waals surface area contributed by atoms with Gasteiger partial charge in [0.1, 0.15) is 5.75 Å². The van der Waals surface area contributed by atoms with Crippen LogP contribution in [0.2, 0.25) is 0 Å². The summed E-state index contributed by atoms with van der Waals surface area (Å²) in [6.45, 7) is 0.514. The Morgan fingerprint density at radius 1 is 1.04 bits per heavy atom. The molecule has 0 amide bonds. The van der Waals surface area contributed by atoms with Crippen LogP contribution in [0.25, 0.3) is 5.69 Å². The average molecular weight is 325 g/mol. The third-order valence-electron chi connectivity index (χ3n) is 3.77. The number of aryl methyl sites for hydroxylation is 2. The Morgan fingerprint density at radius 2 is 1.75 bits per heavy atom. The molecule has 0 spiro atoms. The molecule has 1 heterocycles. The quantitative estimate of drug-likeness (QED) is 0.696. The molecule has 0 saturated heterocycles. The van der Waals surface area contributed by atoms with Crippen molar-refractivity contribution in [3.63, 3.8) is 0 Å². The van der Waals surface area contributed by atoms with Gasteiger partial charge in [-0.2, -0.15) is 9.36 Å². The zero-order valence-electron chi connectivity index (χ0n) is 13.4. The van der Waals surface area contributed by atoms with Gasteiger partial charge in [-0.3, -0.25) is 0 Å². The molecule has 1 aromatic heterocycles. The number of nitrogens with zero attached hydrogens (tertiary/aromatic N) is 4. The van der Waals surface area contributed by atoms with Gasteiger partial charge in [0.2, 0.25) is 0 Å². The lowest BCUT2D eigenvalue weighted by molar-refractivity contribution is 0.414. The van der Waals surface area contributed by atoms with Crippen LogP contribution in [-0.2, 0) is 13.0 Å². The number of nitrogens with two attached hydrogens (primary N) is 1. The largest absolute Gasteiger partial charge is 0.497 e. The minimum Gasteiger partial charge on any atom is -0.497 e. The first-order valence-electron chi connectivity index (χ1n) is 7.69. The summed E-state index contributed by atoms with van der Waals surface area (Å²) in [7, 11) is 1.64. The third-order valence-corrected chi connectivity index (χ3v) is 3.77. The van der Waals surface area contributed by atoms with E-state index in [9.17, 15) is 4.79 Å². The van der Waals surface area contributed by atoms with Crippen molar-refractivity contribution in [1.29, 1.82) is 0 Å². The molecule has 0 fully saturated rings. The van der Waals surface area contributed by atoms with Crippen molar-refractivity contribution >= 4 is 5.69 Å². The van der Waals surface area contributed by atoms with Crippen molar-refractivity contribution in [3.8, 4) is 11.4 Å². The van der Waals surface area contributed by atoms with E-state index in [-0.39, 0.29) is 5.69 Å². The Kier molecular flexibility index (Phi) is 4.60. The fourth-order valence-electron chi connectivity index (χ4n) is 2.42. The number of tetrazole rings is 1. The van der Waals surface area contributed by atoms with Crippen LogP contribution in [0, 0.1) is 0 Å². The first-order chi connectivity index (χ1) is 11.7. The molecule has 2 aromatic carbocycles. The van der Waals surface area contributed by atoms with Crippen LogP contribution in [0.4, 0.5) is 5.69 Å². The van der Waals surface area contributed by atoms with Gasteiger partial charge in [-0.15, -0.1) is 0 Å². The first kappa shape index (κ1) is 15.8. The van der Waals surface area contributed by atoms with Crippen LogP contribution in [-0.4, -0.2) is 26.9 Å². The topological polar surface area (TPSA) is 88.0 Å². The lowest BCUT2D eigenvalue weighted by atomic mass is 10.1. The van der Waals surface area contributed by atoms with Gasteiger partial charge >= 0.3 is 5.69 Å². The minimum atomic E-state index is -0.255. The summed E-state index contributed by atoms with van der Waals surface area (Å²) in [6.07, 6.45) is 1.65. The van der Waals surface area contributed by atoms with Crippen LogP contribution < -0.4 is 16.2 Å². The number of ether oxygens (including phenoxy) is 1. The van der Waals surface area contributed by atoms with E-state index >= 15 is 0 Å². The van der Waals surface area contributed by atoms with Crippen LogP contribution in [0.1, 0.15) is 12.0 Å². The summed E-state index contributed by atoms with van der Waals surface area (Å²) in [5.41, 5.74) is 7.87. The van der Waals surface area contributed by atoms with Crippen LogP contribution in [0.15, 0.2) is 53.3 Å². The SMILES string of the molecule is COc1ccc(CCCn2nnn(-c3ccc(N)cc3)c2=O)cc1. The van der Waals surface area contributed by atoms with Gasteiger partial charge < -0.3 is 10.5 Å². The fraction of sp³-hybridized carbons (Fsp3) is 0.235. The Balaban J connectivity index is 1.63. The predicted octanol–water partition coefficient (Wildman–Crippen LogP) is 1.65. The summed E-state index contributed by atoms with van der Waals surface area (Å²) in [5, 5.41) is 7.86. The van der Waals surface area contributed by atoms with E-state index in [1.807, 2.05) is 24.3 Å². The summed E-state index contributed by atoms with van der Waals surface area (Å²) in [5.74, 6) is 0.835. The van der Waals surface area contributed by atoms with Gasteiger partial charge in [-0.05, 0) is 65.2 Å². The predicted molar refractivity (Wildman–Crippen MR) is 91.3 cm³/mol. The number of aromatic nitrogens is 4. The Morgan fingerprint density at radius 3 is 2.42 bits per heavy atom. The molecule has 0 unspecified atom stereocenters. The van der Waals surface area contributed by atoms with E-state index < -0.39 is 0 Å². The molecule has 7 heteroatoms. The molecular formula is C17H19N5O2. The Hall–Kier alpha value is -3.09. The number of hydrogen-bond acceptors (Lipinski definition) is 5. The Bertz CT molecular complexity index is 850. The standard InChI is InChI=1S/C17H19N5O2/c1-24-16-10-4-13(5-11-16)3-2-12-21-17(23)22(20-19-21)15-8-6-14(18)7-9-15/h4-11H,2-3,12,18H2,1H3. The molecule has 24 heavy (non-hydrogen) atoms. The molecule has 2 N–H and O–H groups in total. The highest BCUT2D eigenvalue weighted by Gasteiger charge is 2.08. The maximum Gasteiger partial charge on any atom is 0.368 e. The fourth-order valence-corrected chi connectivity index (χ4v) is 2.42. The van der Waals surface area contributed by atoms with E-state index in [1.54, 1.807) is 31.4 Å². The summed E-state index contributed by atoms with van der Waals surface area (Å²) in [4.78, 5) is 12.3. The number of hydrogen-bond donors (Lipinski definition) is 1. The van der Waals surface area contributed by atoms with Crippen molar-refractivity contribution < 1.29 is 4.74 Å². The molecule has 124 valence electrons. The smallest absolute Gasteiger partial charge is 0.368 e. The second-order valence-electron chi connectivity index (χ2n) is 5.44. The number of methoxy groups -OCH3 is 1. The van der Waals surface area contributed by atoms with Crippen molar-refractivity contribution in [1.82, 2.24) is 19.8 Å². The van der Waals surface area contributed by atoms with E-state index in [4.69, 9.17) is 10.5 Å². The molecule has 7 nitrogen and oxygen atoms in total. The van der Waals surface area contributed by atoms with Gasteiger partial charge in [0.25, 0.3) is 0 Å². The summed E-state index contributed by atoms with van der Waals surface area (Å²) in [6, 6.07) is 14.8. The lowest BCUT2D eigenvalue weighted by Crippen LogP contribution is -2.24. The molecule has 3 aromatic rings. The number of nitrogen functional groups attached to an aromatic ring is 1. The van der Waals surface area contributed by atoms with E-state index in [0.29, 0.717) is 17.9 Å². The highest BCUT2D eigenvalue weighted by molar-refractivity contribution is 5.44. The molecule has 0 aliphatic heterocycles. The van der Waals surface area contributed by atoms with Crippen LogP contribution >= 0.6 is 0 Å². The van der Waals surface area contributed by atoms with Crippen LogP contribution in [0.3, 0.4) is 0 Å². The van der Waals surface area contributed by atoms with Gasteiger partial charge in [0.05, 0.1) is 12.8 Å². The summed E-state index contributed by atoms with van der Waals surface area (Å²) < 4.78 is 7.78. The maximum absolute atomic E-state index is 12.3. The van der Waals surface area contributed by atoms with Gasteiger partial charge in [-0.25, -0.2) is 4.79 Å². The third kappa shape index (κ3) is 3.45. The molecular weight excluding hydrogens is 306 g/mol. The van der Waals surface area contributed by atoms with Gasteiger partial charge in [0, 0.05) is 12.2 Å². The minimum absolute atomic E-state index is 0.255. The first-order valence-corrected chi connectivity index (χ1v) is 7.69. The number of anilines is 1. The molecule has 0 saturated carbocycles. The van der Waals surface area contributed by atoms with Gasteiger partial charge in [-0.1, -0.05) is 12.1 Å². The van der Waals surface area contributed by atoms with E-state index in [1.165, 1.54) is 14.9 Å². The van der Waals surface area contributed by atoms with Crippen molar-refractivity contribution in [2.75, 3.05) is 12.8 Å². The monoisotopic (exact) mass is 325 g/mol. The number of rotatable bonds is 6. The molecule has 0 bridgehead atoms. The molecule has 0 atom stereocenters. The van der Waals surface area contributed by atoms with E-state index in [0.717, 1.165) is 18.6 Å². The zero-order chi connectivity index (χ0) is 16.9. The highest BCUT2D eigenvalue weighted by Crippen LogP contribution is 2.12. The second kappa shape index (κ2) is 6.99. The molecule has 0 aliphatic carbocycles. The number of benzene rings is 2. The summed E-state index contributed by atoms with van der Waals surface area (Å²) >= 11 is 0. The molecule has 0 aliphatic rings. The van der Waals surface area contributed by atoms with Crippen LogP contribution in [0.5, 0.6) is 5.75 Å². The van der Waals surface area contributed by atoms with Crippen molar-refractivity contribution in [3.05, 3.63) is 64.6 Å². The lowest BCUT2D eigenvalue weighted by Gasteiger charge is -2.03. The average Bonchev–Trinajstić information content (AvgIpc) is 2.97. The normalized spacial score (nSPS) is 10.7. The van der Waals surface area contributed by atoms with Crippen molar-refractivity contribution in [2.24, 2.45) is 0 Å². The highest BCUT2D eigenvalue weighted by atomic mass is 16.5. The van der Waals surface area contributed by atoms with Gasteiger partial charge in [0.15, 0.2) is 0 Å². The van der Waals surface area contributed by atoms with Crippen molar-refractivity contribution in [2.45, 2.75) is 19.4 Å².